The number of allylic oxidation sites excluding steroid dienone is 2. The molecule has 8 nitrogen and oxygen atoms in total. The summed E-state index contributed by atoms with van der Waals surface area (Å²) >= 11 is 0. The minimum Gasteiger partial charge on any atom is -0.468 e. The summed E-state index contributed by atoms with van der Waals surface area (Å²) in [4.78, 5) is 53.5. The van der Waals surface area contributed by atoms with Crippen molar-refractivity contribution in [1.29, 1.82) is 0 Å². The first-order valence-electron chi connectivity index (χ1n) is 12.9. The SMILES string of the molecule is COC(=O)[C@]12C(=O)[C@@](C)(O)C(=O)[C@@]1(C)C(C)=C[C@H]1[C@@]3(CO)CC[C@H](OC(C)=O)C(C)(C)[C@@H]3CC[C@@]12C. The molecule has 0 unspecified atom stereocenters. The molecule has 0 spiro atoms. The molecule has 0 heterocycles. The van der Waals surface area contributed by atoms with Gasteiger partial charge in [0, 0.05) is 24.4 Å². The van der Waals surface area contributed by atoms with E-state index in [1.165, 1.54) is 21.0 Å². The minimum atomic E-state index is -2.34. The van der Waals surface area contributed by atoms with E-state index in [1.54, 1.807) is 13.8 Å². The van der Waals surface area contributed by atoms with Crippen LogP contribution in [-0.2, 0) is 28.7 Å². The number of ether oxygens (including phenoxy) is 2. The van der Waals surface area contributed by atoms with Gasteiger partial charge in [0.1, 0.15) is 6.10 Å². The van der Waals surface area contributed by atoms with Crippen molar-refractivity contribution in [2.75, 3.05) is 13.7 Å². The molecule has 0 radical (unpaired) electrons. The van der Waals surface area contributed by atoms with Crippen LogP contribution < -0.4 is 0 Å². The van der Waals surface area contributed by atoms with Gasteiger partial charge in [-0.05, 0) is 63.7 Å². The number of hydrogen-bond donors (Lipinski definition) is 2. The first-order chi connectivity index (χ1) is 16.5. The van der Waals surface area contributed by atoms with E-state index in [2.05, 4.69) is 0 Å². The Hall–Kier alpha value is -2.06. The number of rotatable bonds is 3. The molecular weight excluding hydrogens is 464 g/mol. The molecule has 4 rings (SSSR count). The number of fused-ring (bicyclic) bond motifs is 5. The van der Waals surface area contributed by atoms with Crippen molar-refractivity contribution in [2.24, 2.45) is 38.9 Å². The number of aliphatic hydroxyl groups excluding tert-OH is 1. The maximum atomic E-state index is 14.1. The van der Waals surface area contributed by atoms with Crippen LogP contribution in [0.3, 0.4) is 0 Å². The summed E-state index contributed by atoms with van der Waals surface area (Å²) in [5.41, 5.74) is -7.65. The molecule has 0 aromatic heterocycles. The number of carbonyl (C=O) groups excluding carboxylic acids is 4. The predicted octanol–water partition coefficient (Wildman–Crippen LogP) is 2.78. The van der Waals surface area contributed by atoms with Gasteiger partial charge in [0.05, 0.1) is 12.5 Å². The van der Waals surface area contributed by atoms with E-state index in [9.17, 15) is 29.4 Å². The van der Waals surface area contributed by atoms with Gasteiger partial charge in [0.15, 0.2) is 22.6 Å². The largest absolute Gasteiger partial charge is 0.468 e. The van der Waals surface area contributed by atoms with Crippen molar-refractivity contribution in [1.82, 2.24) is 0 Å². The molecule has 8 atom stereocenters. The molecular formula is C28H40O8. The second-order valence-electron chi connectivity index (χ2n) is 12.8. The Labute approximate surface area is 212 Å². The van der Waals surface area contributed by atoms with E-state index in [0.717, 1.165) is 0 Å². The van der Waals surface area contributed by atoms with Gasteiger partial charge < -0.3 is 19.7 Å². The highest BCUT2D eigenvalue weighted by Crippen LogP contribution is 2.76. The van der Waals surface area contributed by atoms with Gasteiger partial charge in [-0.15, -0.1) is 0 Å². The third-order valence-electron chi connectivity index (χ3n) is 11.1. The average molecular weight is 505 g/mol. The highest BCUT2D eigenvalue weighted by Gasteiger charge is 2.85. The molecule has 200 valence electrons. The smallest absolute Gasteiger partial charge is 0.321 e. The second-order valence-corrected chi connectivity index (χ2v) is 12.8. The zero-order chi connectivity index (χ0) is 27.3. The Bertz CT molecular complexity index is 1070. The summed E-state index contributed by atoms with van der Waals surface area (Å²) < 4.78 is 11.0. The van der Waals surface area contributed by atoms with Crippen LogP contribution in [-0.4, -0.2) is 59.1 Å². The lowest BCUT2D eigenvalue weighted by Crippen LogP contribution is -2.71. The van der Waals surface area contributed by atoms with E-state index in [-0.39, 0.29) is 24.6 Å². The number of carbonyl (C=O) groups is 4. The van der Waals surface area contributed by atoms with Crippen LogP contribution in [0.15, 0.2) is 11.6 Å². The molecule has 0 aromatic carbocycles. The molecule has 3 fully saturated rings. The van der Waals surface area contributed by atoms with Crippen LogP contribution in [0.5, 0.6) is 0 Å². The van der Waals surface area contributed by atoms with Crippen LogP contribution in [0, 0.1) is 38.9 Å². The number of methoxy groups -OCH3 is 1. The number of hydrogen-bond acceptors (Lipinski definition) is 8. The van der Waals surface area contributed by atoms with Gasteiger partial charge in [-0.25, -0.2) is 0 Å². The fourth-order valence-corrected chi connectivity index (χ4v) is 9.40. The fourth-order valence-electron chi connectivity index (χ4n) is 9.40. The van der Waals surface area contributed by atoms with Gasteiger partial charge in [0.2, 0.25) is 0 Å². The maximum absolute atomic E-state index is 14.1. The molecule has 0 bridgehead atoms. The Kier molecular flexibility index (Phi) is 5.79. The van der Waals surface area contributed by atoms with Crippen molar-refractivity contribution < 1.29 is 38.9 Å². The molecule has 0 amide bonds. The van der Waals surface area contributed by atoms with Crippen molar-refractivity contribution in [2.45, 2.75) is 85.9 Å². The number of esters is 2. The summed E-state index contributed by atoms with van der Waals surface area (Å²) in [6, 6.07) is 0. The van der Waals surface area contributed by atoms with Crippen molar-refractivity contribution in [3.8, 4) is 0 Å². The van der Waals surface area contributed by atoms with Crippen molar-refractivity contribution in [3.05, 3.63) is 11.6 Å². The fraction of sp³-hybridized carbons (Fsp3) is 0.786. The molecule has 0 aliphatic heterocycles. The molecule has 0 aromatic rings. The minimum absolute atomic E-state index is 0.0815. The summed E-state index contributed by atoms with van der Waals surface area (Å²) in [6.45, 7) is 11.6. The van der Waals surface area contributed by atoms with Crippen LogP contribution in [0.1, 0.15) is 74.1 Å². The number of aliphatic hydroxyl groups is 2. The third kappa shape index (κ3) is 2.67. The second kappa shape index (κ2) is 7.73. The Morgan fingerprint density at radius 1 is 1.06 bits per heavy atom. The van der Waals surface area contributed by atoms with E-state index >= 15 is 0 Å². The van der Waals surface area contributed by atoms with E-state index in [0.29, 0.717) is 31.3 Å². The van der Waals surface area contributed by atoms with E-state index < -0.39 is 56.1 Å². The summed E-state index contributed by atoms with van der Waals surface area (Å²) in [6.07, 6.45) is 3.63. The van der Waals surface area contributed by atoms with Gasteiger partial charge in [-0.3, -0.25) is 19.2 Å². The standard InChI is InChI=1S/C28H40O8/c1-15-13-18-24(5,28(22(33)35-8)21(32)26(7,34)20(31)25(15,28)6)11-9-17-23(3,4)19(36-16(2)30)10-12-27(17,18)14-29/h13,17-19,29,34H,9-12,14H2,1-8H3/t17-,18+,19-,24-,25+,26-,27+,28-/m0/s1. The number of ketones is 2. The van der Waals surface area contributed by atoms with E-state index in [4.69, 9.17) is 9.47 Å². The normalized spacial score (nSPS) is 47.3. The van der Waals surface area contributed by atoms with Gasteiger partial charge in [-0.2, -0.15) is 0 Å². The zero-order valence-electron chi connectivity index (χ0n) is 22.7. The molecule has 0 saturated heterocycles. The first kappa shape index (κ1) is 27.0. The average Bonchev–Trinajstić information content (AvgIpc) is 2.93. The predicted molar refractivity (Wildman–Crippen MR) is 129 cm³/mol. The zero-order valence-corrected chi connectivity index (χ0v) is 22.7. The van der Waals surface area contributed by atoms with Crippen molar-refractivity contribution in [3.63, 3.8) is 0 Å². The van der Waals surface area contributed by atoms with E-state index in [1.807, 2.05) is 26.8 Å². The van der Waals surface area contributed by atoms with Gasteiger partial charge >= 0.3 is 11.9 Å². The molecule has 36 heavy (non-hydrogen) atoms. The van der Waals surface area contributed by atoms with Gasteiger partial charge in [-0.1, -0.05) is 32.4 Å². The lowest BCUT2D eigenvalue weighted by atomic mass is 9.33. The topological polar surface area (TPSA) is 127 Å². The van der Waals surface area contributed by atoms with Crippen LogP contribution >= 0.6 is 0 Å². The Balaban J connectivity index is 2.00. The lowest BCUT2D eigenvalue weighted by Gasteiger charge is -2.68. The highest BCUT2D eigenvalue weighted by molar-refractivity contribution is 6.30. The highest BCUT2D eigenvalue weighted by atomic mass is 16.5. The molecule has 3 saturated carbocycles. The van der Waals surface area contributed by atoms with Crippen LogP contribution in [0.2, 0.25) is 0 Å². The number of Topliss-reactive ketones (excluding diaryl/α,β-unsaturated/α-hetero) is 2. The first-order valence-corrected chi connectivity index (χ1v) is 12.9. The summed E-state index contributed by atoms with van der Waals surface area (Å²) in [5.74, 6) is -3.23. The van der Waals surface area contributed by atoms with Crippen LogP contribution in [0.4, 0.5) is 0 Å². The summed E-state index contributed by atoms with van der Waals surface area (Å²) in [5, 5.41) is 22.3. The monoisotopic (exact) mass is 504 g/mol. The lowest BCUT2D eigenvalue weighted by molar-refractivity contribution is -0.230. The molecule has 4 aliphatic rings. The molecule has 8 heteroatoms. The summed E-state index contributed by atoms with van der Waals surface area (Å²) in [7, 11) is 1.20. The van der Waals surface area contributed by atoms with Gasteiger partial charge in [0.25, 0.3) is 0 Å². The third-order valence-corrected chi connectivity index (χ3v) is 11.1. The molecule has 2 N–H and O–H groups in total. The maximum Gasteiger partial charge on any atom is 0.321 e. The quantitative estimate of drug-likeness (QED) is 0.341. The van der Waals surface area contributed by atoms with Crippen LogP contribution in [0.25, 0.3) is 0 Å². The Morgan fingerprint density at radius 2 is 1.67 bits per heavy atom. The molecule has 4 aliphatic carbocycles. The Morgan fingerprint density at radius 3 is 2.19 bits per heavy atom. The van der Waals surface area contributed by atoms with Crippen molar-refractivity contribution >= 4 is 23.5 Å².